The number of hydrogen-bond donors (Lipinski definition) is 1. The van der Waals surface area contributed by atoms with E-state index < -0.39 is 27.7 Å². The molecule has 0 atom stereocenters. The van der Waals surface area contributed by atoms with Crippen LogP contribution in [0.4, 0.5) is 18.9 Å². The van der Waals surface area contributed by atoms with E-state index in [1.54, 1.807) is 6.92 Å². The molecule has 1 N–H and O–H groups in total. The molecule has 0 fully saturated rings. The molecular formula is C14H18ClF3N2O3S. The van der Waals surface area contributed by atoms with Crippen LogP contribution in [0.3, 0.4) is 0 Å². The number of nitrogens with one attached hydrogen (secondary N) is 1. The maximum absolute atomic E-state index is 12.7. The van der Waals surface area contributed by atoms with E-state index in [9.17, 15) is 26.4 Å². The van der Waals surface area contributed by atoms with E-state index in [0.29, 0.717) is 6.42 Å². The molecular weight excluding hydrogens is 369 g/mol. The average Bonchev–Trinajstić information content (AvgIpc) is 2.43. The van der Waals surface area contributed by atoms with Crippen LogP contribution in [0.5, 0.6) is 0 Å². The van der Waals surface area contributed by atoms with Crippen molar-refractivity contribution < 1.29 is 26.4 Å². The number of anilines is 1. The summed E-state index contributed by atoms with van der Waals surface area (Å²) in [5.74, 6) is -0.624. The first-order valence-electron chi connectivity index (χ1n) is 7.07. The average molecular weight is 387 g/mol. The minimum Gasteiger partial charge on any atom is -0.325 e. The van der Waals surface area contributed by atoms with E-state index in [0.717, 1.165) is 28.8 Å². The molecule has 0 radical (unpaired) electrons. The van der Waals surface area contributed by atoms with Crippen LogP contribution < -0.4 is 5.32 Å². The Balaban J connectivity index is 2.78. The van der Waals surface area contributed by atoms with Crippen molar-refractivity contribution in [2.75, 3.05) is 24.7 Å². The van der Waals surface area contributed by atoms with Gasteiger partial charge in [-0.15, -0.1) is 0 Å². The second kappa shape index (κ2) is 8.17. The number of hydrogen-bond acceptors (Lipinski definition) is 3. The Morgan fingerprint density at radius 2 is 1.92 bits per heavy atom. The number of benzene rings is 1. The molecule has 1 amide bonds. The maximum Gasteiger partial charge on any atom is 0.416 e. The lowest BCUT2D eigenvalue weighted by molar-refractivity contribution is -0.137. The molecule has 0 saturated carbocycles. The van der Waals surface area contributed by atoms with Gasteiger partial charge in [-0.3, -0.25) is 4.79 Å². The second-order valence-electron chi connectivity index (χ2n) is 5.15. The van der Waals surface area contributed by atoms with E-state index in [1.807, 2.05) is 0 Å². The smallest absolute Gasteiger partial charge is 0.325 e. The van der Waals surface area contributed by atoms with Crippen LogP contribution in [-0.2, 0) is 21.0 Å². The quantitative estimate of drug-likeness (QED) is 0.781. The van der Waals surface area contributed by atoms with E-state index in [4.69, 9.17) is 11.6 Å². The Kier molecular flexibility index (Phi) is 7.06. The number of alkyl halides is 3. The van der Waals surface area contributed by atoms with Gasteiger partial charge in [0.05, 0.1) is 22.5 Å². The molecule has 136 valence electrons. The number of nitrogens with zero attached hydrogens (tertiary/aromatic N) is 1. The molecule has 10 heteroatoms. The summed E-state index contributed by atoms with van der Waals surface area (Å²) in [6, 6.07) is 2.59. The van der Waals surface area contributed by atoms with Crippen molar-refractivity contribution in [2.24, 2.45) is 0 Å². The standard InChI is InChI=1S/C14H18ClF3N2O3S/c1-3-7-20(24(2,22)23)8-6-13(21)19-12-9-10(14(16,17)18)4-5-11(12)15/h4-5,9H,3,6-8H2,1-2H3,(H,19,21). The summed E-state index contributed by atoms with van der Waals surface area (Å²) < 4.78 is 62.3. The molecule has 1 rings (SSSR count). The van der Waals surface area contributed by atoms with Gasteiger partial charge in [-0.05, 0) is 24.6 Å². The van der Waals surface area contributed by atoms with Gasteiger partial charge >= 0.3 is 6.18 Å². The van der Waals surface area contributed by atoms with Gasteiger partial charge in [-0.25, -0.2) is 12.7 Å². The zero-order valence-corrected chi connectivity index (χ0v) is 14.7. The molecule has 0 aliphatic rings. The zero-order chi connectivity index (χ0) is 18.5. The second-order valence-corrected chi connectivity index (χ2v) is 7.54. The van der Waals surface area contributed by atoms with Gasteiger partial charge < -0.3 is 5.32 Å². The van der Waals surface area contributed by atoms with Gasteiger partial charge in [0.1, 0.15) is 0 Å². The number of halogens is 4. The first kappa shape index (κ1) is 20.7. The van der Waals surface area contributed by atoms with E-state index >= 15 is 0 Å². The predicted octanol–water partition coefficient (Wildman–Crippen LogP) is 3.36. The molecule has 1 aromatic rings. The van der Waals surface area contributed by atoms with E-state index in [-0.39, 0.29) is 30.2 Å². The van der Waals surface area contributed by atoms with Crippen molar-refractivity contribution in [3.8, 4) is 0 Å². The molecule has 0 saturated heterocycles. The number of rotatable bonds is 7. The van der Waals surface area contributed by atoms with Crippen molar-refractivity contribution in [1.82, 2.24) is 4.31 Å². The summed E-state index contributed by atoms with van der Waals surface area (Å²) in [4.78, 5) is 11.9. The third-order valence-corrected chi connectivity index (χ3v) is 4.73. The summed E-state index contributed by atoms with van der Waals surface area (Å²) >= 11 is 5.79. The third kappa shape index (κ3) is 6.29. The van der Waals surface area contributed by atoms with Crippen LogP contribution in [-0.4, -0.2) is 38.0 Å². The third-order valence-electron chi connectivity index (χ3n) is 3.10. The maximum atomic E-state index is 12.7. The molecule has 0 spiro atoms. The van der Waals surface area contributed by atoms with Crippen LogP contribution in [0, 0.1) is 0 Å². The number of sulfonamides is 1. The molecule has 0 aliphatic carbocycles. The number of carbonyl (C=O) groups is 1. The van der Waals surface area contributed by atoms with E-state index in [2.05, 4.69) is 5.32 Å². The molecule has 0 heterocycles. The van der Waals surface area contributed by atoms with Crippen LogP contribution in [0.1, 0.15) is 25.3 Å². The highest BCUT2D eigenvalue weighted by Gasteiger charge is 2.31. The SMILES string of the molecule is CCCN(CCC(=O)Nc1cc(C(F)(F)F)ccc1Cl)S(C)(=O)=O. The van der Waals surface area contributed by atoms with Crippen molar-refractivity contribution in [2.45, 2.75) is 25.9 Å². The lowest BCUT2D eigenvalue weighted by atomic mass is 10.2. The van der Waals surface area contributed by atoms with Crippen molar-refractivity contribution >= 4 is 33.2 Å². The van der Waals surface area contributed by atoms with Crippen molar-refractivity contribution in [3.63, 3.8) is 0 Å². The number of carbonyl (C=O) groups excluding carboxylic acids is 1. The topological polar surface area (TPSA) is 66.5 Å². The molecule has 0 unspecified atom stereocenters. The van der Waals surface area contributed by atoms with Gasteiger partial charge in [0.15, 0.2) is 0 Å². The summed E-state index contributed by atoms with van der Waals surface area (Å²) in [5.41, 5.74) is -1.11. The summed E-state index contributed by atoms with van der Waals surface area (Å²) in [5, 5.41) is 2.24. The van der Waals surface area contributed by atoms with Crippen LogP contribution in [0.15, 0.2) is 18.2 Å². The first-order valence-corrected chi connectivity index (χ1v) is 9.29. The Hall–Kier alpha value is -1.32. The molecule has 5 nitrogen and oxygen atoms in total. The fourth-order valence-corrected chi connectivity index (χ4v) is 3.03. The predicted molar refractivity (Wildman–Crippen MR) is 86.4 cm³/mol. The molecule has 0 bridgehead atoms. The minimum absolute atomic E-state index is 0.0372. The lowest BCUT2D eigenvalue weighted by Crippen LogP contribution is -2.33. The summed E-state index contributed by atoms with van der Waals surface area (Å²) in [7, 11) is -3.45. The molecule has 1 aromatic carbocycles. The summed E-state index contributed by atoms with van der Waals surface area (Å²) in [6.45, 7) is 1.99. The highest BCUT2D eigenvalue weighted by molar-refractivity contribution is 7.88. The molecule has 0 aromatic heterocycles. The van der Waals surface area contributed by atoms with Crippen LogP contribution in [0.25, 0.3) is 0 Å². The highest BCUT2D eigenvalue weighted by atomic mass is 35.5. The fourth-order valence-electron chi connectivity index (χ4n) is 1.93. The van der Waals surface area contributed by atoms with Crippen LogP contribution >= 0.6 is 11.6 Å². The minimum atomic E-state index is -4.56. The Bertz CT molecular complexity index is 693. The normalized spacial score (nSPS) is 12.5. The largest absolute Gasteiger partial charge is 0.416 e. The summed E-state index contributed by atoms with van der Waals surface area (Å²) in [6.07, 6.45) is -3.14. The van der Waals surface area contributed by atoms with E-state index in [1.165, 1.54) is 0 Å². The monoisotopic (exact) mass is 386 g/mol. The Morgan fingerprint density at radius 1 is 1.29 bits per heavy atom. The first-order chi connectivity index (χ1) is 10.9. The Labute approximate surface area is 143 Å². The van der Waals surface area contributed by atoms with Gasteiger partial charge in [-0.2, -0.15) is 13.2 Å². The molecule has 24 heavy (non-hydrogen) atoms. The van der Waals surface area contributed by atoms with Gasteiger partial charge in [0.25, 0.3) is 0 Å². The van der Waals surface area contributed by atoms with Gasteiger partial charge in [0.2, 0.25) is 15.9 Å². The molecule has 0 aliphatic heterocycles. The zero-order valence-electron chi connectivity index (χ0n) is 13.2. The van der Waals surface area contributed by atoms with Crippen LogP contribution in [0.2, 0.25) is 5.02 Å². The fraction of sp³-hybridized carbons (Fsp3) is 0.500. The Morgan fingerprint density at radius 3 is 2.42 bits per heavy atom. The highest BCUT2D eigenvalue weighted by Crippen LogP contribution is 2.33. The van der Waals surface area contributed by atoms with Crippen molar-refractivity contribution in [3.05, 3.63) is 28.8 Å². The lowest BCUT2D eigenvalue weighted by Gasteiger charge is -2.19. The van der Waals surface area contributed by atoms with Crippen molar-refractivity contribution in [1.29, 1.82) is 0 Å². The van der Waals surface area contributed by atoms with Gasteiger partial charge in [0, 0.05) is 19.5 Å². The number of amides is 1. The van der Waals surface area contributed by atoms with Gasteiger partial charge in [-0.1, -0.05) is 18.5 Å².